The molecular formula is C23H39. The highest BCUT2D eigenvalue weighted by molar-refractivity contribution is 5.36. The number of hydrogen-bond donors (Lipinski definition) is 0. The van der Waals surface area contributed by atoms with Gasteiger partial charge >= 0.3 is 0 Å². The summed E-state index contributed by atoms with van der Waals surface area (Å²) in [5.74, 6) is 1.44. The third-order valence-electron chi connectivity index (χ3n) is 4.86. The van der Waals surface area contributed by atoms with Crippen molar-refractivity contribution in [1.82, 2.24) is 0 Å². The average molecular weight is 316 g/mol. The van der Waals surface area contributed by atoms with Gasteiger partial charge in [-0.3, -0.25) is 0 Å². The molecule has 0 bridgehead atoms. The van der Waals surface area contributed by atoms with Crippen LogP contribution in [-0.4, -0.2) is 0 Å². The van der Waals surface area contributed by atoms with Crippen LogP contribution >= 0.6 is 0 Å². The molecule has 0 spiro atoms. The fourth-order valence-electron chi connectivity index (χ4n) is 3.38. The molecular weight excluding hydrogens is 276 g/mol. The minimum Gasteiger partial charge on any atom is -0.0654 e. The molecule has 0 fully saturated rings. The summed E-state index contributed by atoms with van der Waals surface area (Å²) in [5, 5.41) is 0. The zero-order valence-electron chi connectivity index (χ0n) is 16.0. The molecule has 0 saturated heterocycles. The van der Waals surface area contributed by atoms with E-state index < -0.39 is 0 Å². The Bertz CT molecular complexity index is 377. The summed E-state index contributed by atoms with van der Waals surface area (Å²) in [6, 6.07) is 8.92. The van der Waals surface area contributed by atoms with Crippen LogP contribution in [0.5, 0.6) is 0 Å². The van der Waals surface area contributed by atoms with Gasteiger partial charge in [0.15, 0.2) is 0 Å². The Morgan fingerprint density at radius 3 is 1.65 bits per heavy atom. The molecule has 0 atom stereocenters. The first kappa shape index (κ1) is 20.3. The van der Waals surface area contributed by atoms with Crippen molar-refractivity contribution in [3.63, 3.8) is 0 Å². The van der Waals surface area contributed by atoms with Crippen molar-refractivity contribution in [1.29, 1.82) is 0 Å². The molecule has 0 aromatic heterocycles. The molecule has 0 nitrogen and oxygen atoms in total. The molecule has 0 saturated carbocycles. The van der Waals surface area contributed by atoms with E-state index in [0.717, 1.165) is 0 Å². The maximum absolute atomic E-state index is 2.31. The van der Waals surface area contributed by atoms with Crippen LogP contribution in [0.2, 0.25) is 0 Å². The standard InChI is InChI=1S/C23H39/c1-4-5-6-7-8-9-10-11-12-13-14-15-18-22-19-16-17-20-23(22)21(2)3/h16-17,19-20H,4-15,18H2,1-3H3. The molecule has 1 rings (SSSR count). The largest absolute Gasteiger partial charge is 0.0654 e. The van der Waals surface area contributed by atoms with E-state index in [4.69, 9.17) is 0 Å². The van der Waals surface area contributed by atoms with E-state index in [-0.39, 0.29) is 0 Å². The fourth-order valence-corrected chi connectivity index (χ4v) is 3.38. The number of aryl methyl sites for hydroxylation is 1. The van der Waals surface area contributed by atoms with E-state index in [2.05, 4.69) is 45.0 Å². The monoisotopic (exact) mass is 315 g/mol. The van der Waals surface area contributed by atoms with Gasteiger partial charge in [-0.05, 0) is 29.9 Å². The zero-order valence-corrected chi connectivity index (χ0v) is 16.0. The molecule has 1 aromatic carbocycles. The molecule has 131 valence electrons. The molecule has 0 aliphatic carbocycles. The Kier molecular flexibility index (Phi) is 12.0. The summed E-state index contributed by atoms with van der Waals surface area (Å²) < 4.78 is 0. The predicted molar refractivity (Wildman–Crippen MR) is 105 cm³/mol. The second kappa shape index (κ2) is 13.6. The van der Waals surface area contributed by atoms with Crippen molar-refractivity contribution in [2.45, 2.75) is 104 Å². The van der Waals surface area contributed by atoms with Crippen LogP contribution < -0.4 is 0 Å². The van der Waals surface area contributed by atoms with Crippen LogP contribution in [0.1, 0.15) is 109 Å². The first-order valence-corrected chi connectivity index (χ1v) is 10.1. The predicted octanol–water partition coefficient (Wildman–Crippen LogP) is 7.89. The Morgan fingerprint density at radius 2 is 1.13 bits per heavy atom. The highest BCUT2D eigenvalue weighted by atomic mass is 14.1. The summed E-state index contributed by atoms with van der Waals surface area (Å²) in [6.07, 6.45) is 18.4. The molecule has 0 amide bonds. The SMILES string of the molecule is CCCCCCCCCCCCCCc1ccccc1[C](C)C. The van der Waals surface area contributed by atoms with Gasteiger partial charge in [0, 0.05) is 0 Å². The lowest BCUT2D eigenvalue weighted by atomic mass is 9.93. The summed E-state index contributed by atoms with van der Waals surface area (Å²) in [5.41, 5.74) is 3.01. The summed E-state index contributed by atoms with van der Waals surface area (Å²) in [7, 11) is 0. The second-order valence-corrected chi connectivity index (χ2v) is 7.30. The lowest BCUT2D eigenvalue weighted by Gasteiger charge is -2.11. The summed E-state index contributed by atoms with van der Waals surface area (Å²) in [6.45, 7) is 6.74. The lowest BCUT2D eigenvalue weighted by molar-refractivity contribution is 0.544. The molecule has 0 unspecified atom stereocenters. The van der Waals surface area contributed by atoms with Crippen LogP contribution in [0.3, 0.4) is 0 Å². The van der Waals surface area contributed by atoms with Gasteiger partial charge in [0.2, 0.25) is 0 Å². The van der Waals surface area contributed by atoms with Crippen LogP contribution in [0.25, 0.3) is 0 Å². The number of benzene rings is 1. The van der Waals surface area contributed by atoms with Gasteiger partial charge in [-0.15, -0.1) is 0 Å². The molecule has 1 radical (unpaired) electrons. The van der Waals surface area contributed by atoms with E-state index in [9.17, 15) is 0 Å². The first-order chi connectivity index (χ1) is 11.3. The van der Waals surface area contributed by atoms with Gasteiger partial charge in [0.1, 0.15) is 0 Å². The minimum atomic E-state index is 1.25. The first-order valence-electron chi connectivity index (χ1n) is 10.1. The highest BCUT2D eigenvalue weighted by Gasteiger charge is 2.05. The molecule has 0 aliphatic rings. The van der Waals surface area contributed by atoms with Crippen LogP contribution in [0.15, 0.2) is 24.3 Å². The third-order valence-corrected chi connectivity index (χ3v) is 4.86. The van der Waals surface area contributed by atoms with E-state index in [1.807, 2.05) is 0 Å². The van der Waals surface area contributed by atoms with Gasteiger partial charge in [0.25, 0.3) is 0 Å². The third kappa shape index (κ3) is 9.84. The lowest BCUT2D eigenvalue weighted by Crippen LogP contribution is -1.97. The average Bonchev–Trinajstić information content (AvgIpc) is 2.56. The van der Waals surface area contributed by atoms with Gasteiger partial charge in [-0.1, -0.05) is 116 Å². The van der Waals surface area contributed by atoms with E-state index in [1.54, 1.807) is 5.56 Å². The minimum absolute atomic E-state index is 1.25. The zero-order chi connectivity index (χ0) is 16.8. The molecule has 1 aromatic rings. The Balaban J connectivity index is 1.96. The van der Waals surface area contributed by atoms with Gasteiger partial charge < -0.3 is 0 Å². The Morgan fingerprint density at radius 1 is 0.652 bits per heavy atom. The maximum Gasteiger partial charge on any atom is -0.000922 e. The maximum atomic E-state index is 2.31. The highest BCUT2D eigenvalue weighted by Crippen LogP contribution is 2.20. The number of unbranched alkanes of at least 4 members (excludes halogenated alkanes) is 11. The summed E-state index contributed by atoms with van der Waals surface area (Å²) in [4.78, 5) is 0. The van der Waals surface area contributed by atoms with Gasteiger partial charge in [0.05, 0.1) is 0 Å². The smallest absolute Gasteiger partial charge is 0.000922 e. The van der Waals surface area contributed by atoms with Gasteiger partial charge in [-0.2, -0.15) is 0 Å². The van der Waals surface area contributed by atoms with Crippen molar-refractivity contribution < 1.29 is 0 Å². The van der Waals surface area contributed by atoms with E-state index in [0.29, 0.717) is 0 Å². The van der Waals surface area contributed by atoms with Crippen molar-refractivity contribution in [3.05, 3.63) is 41.3 Å². The van der Waals surface area contributed by atoms with Gasteiger partial charge in [-0.25, -0.2) is 0 Å². The fraction of sp³-hybridized carbons (Fsp3) is 0.696. The van der Waals surface area contributed by atoms with Crippen LogP contribution in [-0.2, 0) is 6.42 Å². The van der Waals surface area contributed by atoms with Crippen molar-refractivity contribution in [2.75, 3.05) is 0 Å². The molecule has 23 heavy (non-hydrogen) atoms. The second-order valence-electron chi connectivity index (χ2n) is 7.30. The van der Waals surface area contributed by atoms with Crippen LogP contribution in [0, 0.1) is 5.92 Å². The van der Waals surface area contributed by atoms with Crippen molar-refractivity contribution in [3.8, 4) is 0 Å². The number of hydrogen-bond acceptors (Lipinski definition) is 0. The molecule has 0 heteroatoms. The molecule has 0 aliphatic heterocycles. The molecule has 0 heterocycles. The Labute approximate surface area is 146 Å². The van der Waals surface area contributed by atoms with E-state index >= 15 is 0 Å². The van der Waals surface area contributed by atoms with E-state index in [1.165, 1.54) is 95.0 Å². The Hall–Kier alpha value is -0.780. The topological polar surface area (TPSA) is 0 Å². The van der Waals surface area contributed by atoms with Crippen molar-refractivity contribution in [2.24, 2.45) is 0 Å². The molecule has 0 N–H and O–H groups in total. The van der Waals surface area contributed by atoms with Crippen LogP contribution in [0.4, 0.5) is 0 Å². The van der Waals surface area contributed by atoms with Crippen molar-refractivity contribution >= 4 is 0 Å². The number of rotatable bonds is 14. The normalized spacial score (nSPS) is 11.3. The summed E-state index contributed by atoms with van der Waals surface area (Å²) >= 11 is 0. The quantitative estimate of drug-likeness (QED) is 0.306.